The van der Waals surface area contributed by atoms with Gasteiger partial charge in [-0.2, -0.15) is 0 Å². The molecule has 145 valence electrons. The van der Waals surface area contributed by atoms with E-state index in [-0.39, 0.29) is 0 Å². The van der Waals surface area contributed by atoms with Gasteiger partial charge in [-0.15, -0.1) is 0 Å². The molecule has 1 aliphatic rings. The molecular formula is C24H37O2. The first-order valence-electron chi connectivity index (χ1n) is 11.0. The molecule has 0 amide bonds. The van der Waals surface area contributed by atoms with Gasteiger partial charge in [-0.1, -0.05) is 89.7 Å². The number of carbonyl (C=O) groups is 1. The molecule has 0 aliphatic heterocycles. The predicted molar refractivity (Wildman–Crippen MR) is 109 cm³/mol. The molecular weight excluding hydrogens is 320 g/mol. The Kier molecular flexibility index (Phi) is 10.5. The molecule has 0 atom stereocenters. The van der Waals surface area contributed by atoms with Crippen molar-refractivity contribution in [2.24, 2.45) is 0 Å². The van der Waals surface area contributed by atoms with Crippen molar-refractivity contribution in [2.45, 2.75) is 109 Å². The molecule has 2 nitrogen and oxygen atoms in total. The standard InChI is InChI=1S/C24H37O2/c1-2-3-4-5-6-7-8-9-11-15-22-18-14-19-23(26-20-25)24(22)21-16-12-10-13-17-21/h14,18,20-21H,2-13,15-17H2,1H3. The third-order valence-corrected chi connectivity index (χ3v) is 5.82. The van der Waals surface area contributed by atoms with Gasteiger partial charge in [0.2, 0.25) is 0 Å². The minimum absolute atomic E-state index is 0.546. The average molecular weight is 358 g/mol. The van der Waals surface area contributed by atoms with E-state index in [0.717, 1.165) is 6.42 Å². The molecule has 1 aromatic rings. The summed E-state index contributed by atoms with van der Waals surface area (Å²) < 4.78 is 5.29. The fourth-order valence-electron chi connectivity index (χ4n) is 4.36. The maximum atomic E-state index is 10.9. The lowest BCUT2D eigenvalue weighted by Gasteiger charge is -2.26. The maximum absolute atomic E-state index is 10.9. The summed E-state index contributed by atoms with van der Waals surface area (Å²) in [5.74, 6) is 1.23. The van der Waals surface area contributed by atoms with Gasteiger partial charge in [-0.3, -0.25) is 4.79 Å². The van der Waals surface area contributed by atoms with Gasteiger partial charge in [0.1, 0.15) is 5.75 Å². The number of hydrogen-bond acceptors (Lipinski definition) is 2. The van der Waals surface area contributed by atoms with Crippen LogP contribution in [0.1, 0.15) is 114 Å². The number of ether oxygens (including phenoxy) is 1. The van der Waals surface area contributed by atoms with Crippen LogP contribution in [0.2, 0.25) is 0 Å². The molecule has 0 unspecified atom stereocenters. The van der Waals surface area contributed by atoms with Crippen LogP contribution in [0.25, 0.3) is 0 Å². The van der Waals surface area contributed by atoms with Crippen molar-refractivity contribution >= 4 is 6.47 Å². The highest BCUT2D eigenvalue weighted by Crippen LogP contribution is 2.39. The second-order valence-electron chi connectivity index (χ2n) is 7.87. The van der Waals surface area contributed by atoms with E-state index < -0.39 is 0 Å². The lowest BCUT2D eigenvalue weighted by Crippen LogP contribution is -2.10. The summed E-state index contributed by atoms with van der Waals surface area (Å²) in [4.78, 5) is 10.9. The van der Waals surface area contributed by atoms with Crippen LogP contribution in [0.4, 0.5) is 0 Å². The van der Waals surface area contributed by atoms with Gasteiger partial charge < -0.3 is 4.74 Å². The van der Waals surface area contributed by atoms with Crippen LogP contribution in [0.5, 0.6) is 5.75 Å². The van der Waals surface area contributed by atoms with Crippen LogP contribution in [0.15, 0.2) is 12.1 Å². The van der Waals surface area contributed by atoms with Gasteiger partial charge in [-0.25, -0.2) is 0 Å². The van der Waals surface area contributed by atoms with Crippen LogP contribution in [0, 0.1) is 6.07 Å². The molecule has 0 N–H and O–H groups in total. The van der Waals surface area contributed by atoms with Crippen molar-refractivity contribution in [3.63, 3.8) is 0 Å². The Bertz CT molecular complexity index is 503. The summed E-state index contributed by atoms with van der Waals surface area (Å²) in [5, 5.41) is 0. The van der Waals surface area contributed by atoms with E-state index in [0.29, 0.717) is 18.1 Å². The van der Waals surface area contributed by atoms with E-state index in [1.165, 1.54) is 101 Å². The van der Waals surface area contributed by atoms with E-state index in [1.54, 1.807) is 0 Å². The quantitative estimate of drug-likeness (QED) is 0.277. The van der Waals surface area contributed by atoms with Gasteiger partial charge >= 0.3 is 0 Å². The number of unbranched alkanes of at least 4 members (excludes halogenated alkanes) is 8. The van der Waals surface area contributed by atoms with Gasteiger partial charge in [0.25, 0.3) is 6.47 Å². The zero-order valence-corrected chi connectivity index (χ0v) is 16.7. The lowest BCUT2D eigenvalue weighted by atomic mass is 9.80. The average Bonchev–Trinajstić information content (AvgIpc) is 2.68. The van der Waals surface area contributed by atoms with Crippen molar-refractivity contribution in [1.29, 1.82) is 0 Å². The molecule has 0 heterocycles. The van der Waals surface area contributed by atoms with Crippen molar-refractivity contribution < 1.29 is 9.53 Å². The molecule has 1 saturated carbocycles. The van der Waals surface area contributed by atoms with E-state index >= 15 is 0 Å². The predicted octanol–water partition coefficient (Wildman–Crippen LogP) is 7.14. The summed E-state index contributed by atoms with van der Waals surface area (Å²) in [7, 11) is 0. The van der Waals surface area contributed by atoms with Crippen LogP contribution >= 0.6 is 0 Å². The van der Waals surface area contributed by atoms with Crippen molar-refractivity contribution in [1.82, 2.24) is 0 Å². The summed E-state index contributed by atoms with van der Waals surface area (Å²) in [6.45, 7) is 2.83. The van der Waals surface area contributed by atoms with Crippen molar-refractivity contribution in [2.75, 3.05) is 0 Å². The topological polar surface area (TPSA) is 26.3 Å². The molecule has 1 fully saturated rings. The minimum atomic E-state index is 0.546. The third-order valence-electron chi connectivity index (χ3n) is 5.82. The van der Waals surface area contributed by atoms with Crippen LogP contribution < -0.4 is 4.74 Å². The Labute approximate surface area is 160 Å². The molecule has 1 aliphatic carbocycles. The zero-order chi connectivity index (χ0) is 18.5. The molecule has 0 spiro atoms. The second-order valence-corrected chi connectivity index (χ2v) is 7.87. The monoisotopic (exact) mass is 357 g/mol. The molecule has 26 heavy (non-hydrogen) atoms. The van der Waals surface area contributed by atoms with Crippen molar-refractivity contribution in [3.8, 4) is 5.75 Å². The Morgan fingerprint density at radius 1 is 1.00 bits per heavy atom. The molecule has 2 rings (SSSR count). The number of aryl methyl sites for hydroxylation is 1. The Morgan fingerprint density at radius 3 is 2.31 bits per heavy atom. The molecule has 1 aromatic carbocycles. The first-order chi connectivity index (χ1) is 12.9. The highest BCUT2D eigenvalue weighted by atomic mass is 16.5. The molecule has 2 heteroatoms. The van der Waals surface area contributed by atoms with Crippen LogP contribution in [0.3, 0.4) is 0 Å². The SMILES string of the molecule is CCCCCCCCCCCc1cc[c]c(OC=O)c1C1CCCCC1. The fraction of sp³-hybridized carbons (Fsp3) is 0.708. The van der Waals surface area contributed by atoms with E-state index in [4.69, 9.17) is 4.74 Å². The van der Waals surface area contributed by atoms with Crippen molar-refractivity contribution in [3.05, 3.63) is 29.3 Å². The van der Waals surface area contributed by atoms with E-state index in [2.05, 4.69) is 19.1 Å². The molecule has 0 aromatic heterocycles. The highest BCUT2D eigenvalue weighted by Gasteiger charge is 2.22. The summed E-state index contributed by atoms with van der Waals surface area (Å²) in [6, 6.07) is 7.28. The number of rotatable bonds is 13. The Morgan fingerprint density at radius 2 is 1.65 bits per heavy atom. The summed E-state index contributed by atoms with van der Waals surface area (Å²) in [6.07, 6.45) is 19.6. The van der Waals surface area contributed by atoms with E-state index in [1.807, 2.05) is 6.07 Å². The van der Waals surface area contributed by atoms with Gasteiger partial charge in [0, 0.05) is 11.6 Å². The molecule has 0 bridgehead atoms. The highest BCUT2D eigenvalue weighted by molar-refractivity contribution is 5.51. The smallest absolute Gasteiger partial charge is 0.298 e. The summed E-state index contributed by atoms with van der Waals surface area (Å²) >= 11 is 0. The first kappa shape index (κ1) is 21.0. The molecule has 0 saturated heterocycles. The van der Waals surface area contributed by atoms with Gasteiger partial charge in [-0.05, 0) is 37.2 Å². The second kappa shape index (κ2) is 12.9. The Balaban J connectivity index is 1.82. The fourth-order valence-corrected chi connectivity index (χ4v) is 4.36. The Hall–Kier alpha value is -1.31. The zero-order valence-electron chi connectivity index (χ0n) is 16.7. The van der Waals surface area contributed by atoms with Crippen LogP contribution in [-0.4, -0.2) is 6.47 Å². The minimum Gasteiger partial charge on any atom is -0.428 e. The van der Waals surface area contributed by atoms with Gasteiger partial charge in [0.15, 0.2) is 0 Å². The van der Waals surface area contributed by atoms with Gasteiger partial charge in [0.05, 0.1) is 0 Å². The van der Waals surface area contributed by atoms with E-state index in [9.17, 15) is 4.79 Å². The normalized spacial score (nSPS) is 15.1. The largest absolute Gasteiger partial charge is 0.428 e. The first-order valence-corrected chi connectivity index (χ1v) is 11.0. The summed E-state index contributed by atoms with van der Waals surface area (Å²) in [5.41, 5.74) is 2.66. The third kappa shape index (κ3) is 7.13. The number of benzene rings is 1. The number of hydrogen-bond donors (Lipinski definition) is 0. The maximum Gasteiger partial charge on any atom is 0.298 e. The number of carbonyl (C=O) groups excluding carboxylic acids is 1. The van der Waals surface area contributed by atoms with Crippen LogP contribution in [-0.2, 0) is 11.2 Å². The lowest BCUT2D eigenvalue weighted by molar-refractivity contribution is -0.120. The molecule has 1 radical (unpaired) electrons.